The van der Waals surface area contributed by atoms with Gasteiger partial charge in [0.2, 0.25) is 0 Å². The molecule has 0 saturated carbocycles. The Morgan fingerprint density at radius 1 is 1.14 bits per heavy atom. The Balaban J connectivity index is 2.73. The van der Waals surface area contributed by atoms with Gasteiger partial charge in [-0.25, -0.2) is 0 Å². The van der Waals surface area contributed by atoms with Crippen LogP contribution in [0.15, 0.2) is 11.8 Å². The highest BCUT2D eigenvalue weighted by molar-refractivity contribution is 6.84. The van der Waals surface area contributed by atoms with E-state index in [9.17, 15) is 20.4 Å². The molecule has 0 bridgehead atoms. The normalized spacial score (nSPS) is 32.8. The van der Waals surface area contributed by atoms with Crippen LogP contribution in [0, 0.1) is 0 Å². The maximum Gasteiger partial charge on any atom is 0.109 e. The van der Waals surface area contributed by atoms with E-state index in [1.807, 2.05) is 4.90 Å². The minimum Gasteiger partial charge on any atom is -0.395 e. The minimum absolute atomic E-state index is 0.237. The van der Waals surface area contributed by atoms with Crippen molar-refractivity contribution >= 4 is 8.07 Å². The SMILES string of the molecule is CC(C)(C)[Si](C)(C)/C=C\CN1C[C@H](O)[C@@H](O)[C@H](O)[C@H]1CO. The molecule has 0 unspecified atom stereocenters. The van der Waals surface area contributed by atoms with Gasteiger partial charge in [0, 0.05) is 13.1 Å². The Kier molecular flexibility index (Phi) is 6.17. The molecule has 124 valence electrons. The van der Waals surface area contributed by atoms with E-state index in [-0.39, 0.29) is 18.2 Å². The van der Waals surface area contributed by atoms with Crippen molar-refractivity contribution in [3.05, 3.63) is 11.8 Å². The number of hydrogen-bond donors (Lipinski definition) is 4. The van der Waals surface area contributed by atoms with E-state index in [4.69, 9.17) is 0 Å². The maximum atomic E-state index is 9.94. The van der Waals surface area contributed by atoms with Gasteiger partial charge < -0.3 is 20.4 Å². The smallest absolute Gasteiger partial charge is 0.109 e. The predicted molar refractivity (Wildman–Crippen MR) is 86.8 cm³/mol. The molecule has 1 heterocycles. The number of rotatable bonds is 4. The minimum atomic E-state index is -1.51. The Labute approximate surface area is 128 Å². The van der Waals surface area contributed by atoms with Crippen molar-refractivity contribution < 1.29 is 20.4 Å². The molecular formula is C15H31NO4Si. The molecule has 0 aromatic carbocycles. The van der Waals surface area contributed by atoms with Gasteiger partial charge in [-0.05, 0) is 5.04 Å². The van der Waals surface area contributed by atoms with Gasteiger partial charge in [-0.2, -0.15) is 0 Å². The third-order valence-electron chi connectivity index (χ3n) is 5.02. The van der Waals surface area contributed by atoms with Crippen molar-refractivity contribution in [1.82, 2.24) is 4.90 Å². The fourth-order valence-corrected chi connectivity index (χ4v) is 3.52. The van der Waals surface area contributed by atoms with Gasteiger partial charge in [-0.3, -0.25) is 4.90 Å². The van der Waals surface area contributed by atoms with E-state index in [2.05, 4.69) is 45.6 Å². The molecule has 4 N–H and O–H groups in total. The van der Waals surface area contributed by atoms with Crippen LogP contribution in [0.3, 0.4) is 0 Å². The van der Waals surface area contributed by atoms with Crippen LogP contribution >= 0.6 is 0 Å². The van der Waals surface area contributed by atoms with E-state index in [0.29, 0.717) is 6.54 Å². The number of β-amino-alcohol motifs (C(OH)–C–C–N with tert-alkyl or cyclic N) is 1. The van der Waals surface area contributed by atoms with Crippen molar-refractivity contribution in [2.75, 3.05) is 19.7 Å². The Morgan fingerprint density at radius 3 is 2.19 bits per heavy atom. The van der Waals surface area contributed by atoms with Crippen molar-refractivity contribution in [2.24, 2.45) is 0 Å². The number of piperidine rings is 1. The topological polar surface area (TPSA) is 84.2 Å². The highest BCUT2D eigenvalue weighted by atomic mass is 28.3. The average Bonchev–Trinajstić information content (AvgIpc) is 2.35. The van der Waals surface area contributed by atoms with Gasteiger partial charge in [-0.15, -0.1) is 0 Å². The maximum absolute atomic E-state index is 9.94. The summed E-state index contributed by atoms with van der Waals surface area (Å²) in [5, 5.41) is 39.1. The summed E-state index contributed by atoms with van der Waals surface area (Å²) in [7, 11) is -1.51. The first-order chi connectivity index (χ1) is 9.51. The Bertz CT molecular complexity index is 367. The quantitative estimate of drug-likeness (QED) is 0.562. The molecule has 0 radical (unpaired) electrons. The molecule has 0 amide bonds. The number of nitrogens with zero attached hydrogens (tertiary/aromatic N) is 1. The predicted octanol–water partition coefficient (Wildman–Crippen LogP) is 0.349. The van der Waals surface area contributed by atoms with Crippen LogP contribution in [0.4, 0.5) is 0 Å². The second kappa shape index (κ2) is 6.89. The Morgan fingerprint density at radius 2 is 1.71 bits per heavy atom. The van der Waals surface area contributed by atoms with Crippen LogP contribution in [0.1, 0.15) is 20.8 Å². The van der Waals surface area contributed by atoms with Gasteiger partial charge >= 0.3 is 0 Å². The van der Waals surface area contributed by atoms with Crippen molar-refractivity contribution in [2.45, 2.75) is 63.3 Å². The van der Waals surface area contributed by atoms with E-state index in [0.717, 1.165) is 0 Å². The number of aliphatic hydroxyl groups excluding tert-OH is 4. The van der Waals surface area contributed by atoms with Crippen molar-refractivity contribution in [3.63, 3.8) is 0 Å². The van der Waals surface area contributed by atoms with Gasteiger partial charge in [-0.1, -0.05) is 45.6 Å². The van der Waals surface area contributed by atoms with Crippen molar-refractivity contribution in [3.8, 4) is 0 Å². The zero-order valence-corrected chi connectivity index (χ0v) is 14.8. The van der Waals surface area contributed by atoms with Crippen LogP contribution in [-0.4, -0.2) is 77.5 Å². The molecule has 1 fully saturated rings. The number of likely N-dealkylation sites (tertiary alicyclic amines) is 1. The largest absolute Gasteiger partial charge is 0.395 e. The van der Waals surface area contributed by atoms with Gasteiger partial charge in [0.1, 0.15) is 12.2 Å². The zero-order valence-electron chi connectivity index (χ0n) is 13.8. The monoisotopic (exact) mass is 317 g/mol. The lowest BCUT2D eigenvalue weighted by atomic mass is 9.94. The molecule has 0 aromatic rings. The van der Waals surface area contributed by atoms with E-state index in [1.165, 1.54) is 0 Å². The molecule has 5 nitrogen and oxygen atoms in total. The summed E-state index contributed by atoms with van der Waals surface area (Å²) in [6.45, 7) is 11.9. The van der Waals surface area contributed by atoms with Gasteiger partial charge in [0.25, 0.3) is 0 Å². The summed E-state index contributed by atoms with van der Waals surface area (Å²) in [6, 6.07) is -0.535. The van der Waals surface area contributed by atoms with E-state index < -0.39 is 32.4 Å². The first kappa shape index (κ1) is 18.8. The van der Waals surface area contributed by atoms with Gasteiger partial charge in [0.05, 0.1) is 26.8 Å². The molecule has 1 saturated heterocycles. The summed E-state index contributed by atoms with van der Waals surface area (Å²) in [5.74, 6) is 0. The second-order valence-corrected chi connectivity index (χ2v) is 12.9. The average molecular weight is 318 g/mol. The standard InChI is InChI=1S/C15H31NO4Si/c1-15(2,3)21(4,5)8-6-7-16-9-12(18)14(20)13(19)11(16)10-17/h6,8,11-14,17-20H,7,9-10H2,1-5H3/b8-6-/t11-,12+,13-,14-/m1/s1. The third-order valence-corrected chi connectivity index (χ3v) is 9.96. The highest BCUT2D eigenvalue weighted by Crippen LogP contribution is 2.36. The molecule has 0 aromatic heterocycles. The molecule has 0 spiro atoms. The van der Waals surface area contributed by atoms with Crippen molar-refractivity contribution in [1.29, 1.82) is 0 Å². The van der Waals surface area contributed by atoms with Crippen LogP contribution in [0.25, 0.3) is 0 Å². The highest BCUT2D eigenvalue weighted by Gasteiger charge is 2.40. The summed E-state index contributed by atoms with van der Waals surface area (Å²) >= 11 is 0. The molecule has 4 atom stereocenters. The van der Waals surface area contributed by atoms with Crippen LogP contribution in [-0.2, 0) is 0 Å². The fraction of sp³-hybridized carbons (Fsp3) is 0.867. The summed E-state index contributed by atoms with van der Waals surface area (Å²) in [4.78, 5) is 1.83. The molecule has 0 aliphatic carbocycles. The lowest BCUT2D eigenvalue weighted by Gasteiger charge is -2.42. The van der Waals surface area contributed by atoms with E-state index in [1.54, 1.807) is 0 Å². The summed E-state index contributed by atoms with van der Waals surface area (Å²) in [5.41, 5.74) is 2.27. The first-order valence-corrected chi connectivity index (χ1v) is 10.7. The molecule has 6 heteroatoms. The fourth-order valence-electron chi connectivity index (χ4n) is 2.32. The van der Waals surface area contributed by atoms with Crippen LogP contribution < -0.4 is 0 Å². The zero-order chi connectivity index (χ0) is 16.4. The van der Waals surface area contributed by atoms with Crippen LogP contribution in [0.5, 0.6) is 0 Å². The van der Waals surface area contributed by atoms with E-state index >= 15 is 0 Å². The second-order valence-electron chi connectivity index (χ2n) is 7.63. The lowest BCUT2D eigenvalue weighted by Crippen LogP contribution is -2.62. The number of aliphatic hydroxyl groups is 4. The third kappa shape index (κ3) is 4.37. The summed E-state index contributed by atoms with van der Waals surface area (Å²) < 4.78 is 0. The molecule has 1 aliphatic rings. The molecule has 21 heavy (non-hydrogen) atoms. The lowest BCUT2D eigenvalue weighted by molar-refractivity contribution is -0.142. The van der Waals surface area contributed by atoms with Crippen LogP contribution in [0.2, 0.25) is 18.1 Å². The van der Waals surface area contributed by atoms with Gasteiger partial charge in [0.15, 0.2) is 0 Å². The number of hydrogen-bond acceptors (Lipinski definition) is 5. The molecule has 1 aliphatic heterocycles. The Hall–Kier alpha value is -0.243. The summed E-state index contributed by atoms with van der Waals surface area (Å²) in [6.07, 6.45) is -1.23. The molecule has 1 rings (SSSR count). The molecular weight excluding hydrogens is 286 g/mol. The first-order valence-electron chi connectivity index (χ1n) is 7.58.